The topological polar surface area (TPSA) is 31.2 Å². The minimum absolute atomic E-state index is 0.000866. The molecule has 0 aliphatic rings. The average Bonchev–Trinajstić information content (AvgIpc) is 2.88. The van der Waals surface area contributed by atoms with E-state index in [-0.39, 0.29) is 12.4 Å². The first-order chi connectivity index (χ1) is 11.6. The number of Topliss-reactive ketones (excluding diaryl/α,β-unsaturated/α-hetero) is 1. The Hall–Kier alpha value is -2.81. The smallest absolute Gasteiger partial charge is 0.202 e. The summed E-state index contributed by atoms with van der Waals surface area (Å²) in [5, 5.41) is 0. The lowest BCUT2D eigenvalue weighted by molar-refractivity contribution is 0.0921. The van der Waals surface area contributed by atoms with Crippen molar-refractivity contribution in [3.63, 3.8) is 0 Å². The van der Waals surface area contributed by atoms with Crippen molar-refractivity contribution in [3.05, 3.63) is 77.6 Å². The molecule has 0 saturated carbocycles. The molecule has 2 aromatic carbocycles. The van der Waals surface area contributed by atoms with E-state index in [0.29, 0.717) is 0 Å². The molecule has 0 N–H and O–H groups in total. The Morgan fingerprint density at radius 3 is 2.33 bits per heavy atom. The lowest BCUT2D eigenvalue weighted by Crippen LogP contribution is -2.13. The standard InChI is InChI=1S/C21H21NO2/c1-15-13-19(16(2)22(15)3)20(23)14-24-21-12-8-7-11-18(21)17-9-5-4-6-10-17/h4-13H,14H2,1-3H3. The molecule has 0 saturated heterocycles. The zero-order valence-corrected chi connectivity index (χ0v) is 14.2. The van der Waals surface area contributed by atoms with Gasteiger partial charge in [0.15, 0.2) is 6.61 Å². The SMILES string of the molecule is Cc1cc(C(=O)COc2ccccc2-c2ccccc2)c(C)n1C. The maximum absolute atomic E-state index is 12.5. The van der Waals surface area contributed by atoms with Crippen LogP contribution in [0.15, 0.2) is 60.7 Å². The lowest BCUT2D eigenvalue weighted by atomic mass is 10.0. The van der Waals surface area contributed by atoms with Crippen LogP contribution in [0, 0.1) is 13.8 Å². The zero-order valence-electron chi connectivity index (χ0n) is 14.2. The van der Waals surface area contributed by atoms with Crippen molar-refractivity contribution in [1.29, 1.82) is 0 Å². The zero-order chi connectivity index (χ0) is 17.1. The summed E-state index contributed by atoms with van der Waals surface area (Å²) in [6.45, 7) is 3.99. The summed E-state index contributed by atoms with van der Waals surface area (Å²) in [7, 11) is 1.97. The number of para-hydroxylation sites is 1. The van der Waals surface area contributed by atoms with Gasteiger partial charge in [-0.25, -0.2) is 0 Å². The second-order valence-electron chi connectivity index (χ2n) is 5.92. The fraction of sp³-hybridized carbons (Fsp3) is 0.190. The molecular weight excluding hydrogens is 298 g/mol. The van der Waals surface area contributed by atoms with Crippen molar-refractivity contribution in [3.8, 4) is 16.9 Å². The number of aromatic nitrogens is 1. The van der Waals surface area contributed by atoms with Crippen molar-refractivity contribution < 1.29 is 9.53 Å². The maximum atomic E-state index is 12.5. The second-order valence-corrected chi connectivity index (χ2v) is 5.92. The molecule has 3 nitrogen and oxygen atoms in total. The highest BCUT2D eigenvalue weighted by atomic mass is 16.5. The van der Waals surface area contributed by atoms with E-state index in [0.717, 1.165) is 33.8 Å². The molecule has 3 heteroatoms. The van der Waals surface area contributed by atoms with Gasteiger partial charge >= 0.3 is 0 Å². The van der Waals surface area contributed by atoms with Gasteiger partial charge in [0.25, 0.3) is 0 Å². The lowest BCUT2D eigenvalue weighted by Gasteiger charge is -2.11. The number of hydrogen-bond donors (Lipinski definition) is 0. The van der Waals surface area contributed by atoms with Gasteiger partial charge in [0.2, 0.25) is 5.78 Å². The van der Waals surface area contributed by atoms with Crippen LogP contribution in [0.25, 0.3) is 11.1 Å². The summed E-state index contributed by atoms with van der Waals surface area (Å²) in [4.78, 5) is 12.5. The van der Waals surface area contributed by atoms with Crippen LogP contribution in [0.5, 0.6) is 5.75 Å². The summed E-state index contributed by atoms with van der Waals surface area (Å²) in [5.41, 5.74) is 4.84. The average molecular weight is 319 g/mol. The number of carbonyl (C=O) groups is 1. The number of ketones is 1. The molecule has 0 atom stereocenters. The van der Waals surface area contributed by atoms with Crippen LogP contribution in [0.2, 0.25) is 0 Å². The molecular formula is C21H21NO2. The molecule has 3 aromatic rings. The Morgan fingerprint density at radius 2 is 1.67 bits per heavy atom. The number of rotatable bonds is 5. The van der Waals surface area contributed by atoms with Gasteiger partial charge in [0.05, 0.1) is 0 Å². The van der Waals surface area contributed by atoms with Gasteiger partial charge in [-0.1, -0.05) is 48.5 Å². The van der Waals surface area contributed by atoms with Crippen molar-refractivity contribution in [2.75, 3.05) is 6.61 Å². The number of ether oxygens (including phenoxy) is 1. The molecule has 122 valence electrons. The Balaban J connectivity index is 1.80. The second kappa shape index (κ2) is 6.75. The van der Waals surface area contributed by atoms with E-state index in [9.17, 15) is 4.79 Å². The molecule has 0 aliphatic carbocycles. The number of benzene rings is 2. The summed E-state index contributed by atoms with van der Waals surface area (Å²) in [5.74, 6) is 0.724. The van der Waals surface area contributed by atoms with E-state index < -0.39 is 0 Å². The highest BCUT2D eigenvalue weighted by Gasteiger charge is 2.15. The van der Waals surface area contributed by atoms with E-state index in [2.05, 4.69) is 0 Å². The molecule has 0 radical (unpaired) electrons. The normalized spacial score (nSPS) is 10.6. The van der Waals surface area contributed by atoms with Crippen LogP contribution in [-0.2, 0) is 7.05 Å². The summed E-state index contributed by atoms with van der Waals surface area (Å²) < 4.78 is 7.87. The Kier molecular flexibility index (Phi) is 4.52. The van der Waals surface area contributed by atoms with Gasteiger partial charge in [-0.2, -0.15) is 0 Å². The largest absolute Gasteiger partial charge is 0.485 e. The van der Waals surface area contributed by atoms with E-state index in [1.807, 2.05) is 86.1 Å². The first kappa shape index (κ1) is 16.1. The molecule has 3 rings (SSSR count). The minimum atomic E-state index is -0.000866. The quantitative estimate of drug-likeness (QED) is 0.645. The van der Waals surface area contributed by atoms with Crippen LogP contribution in [-0.4, -0.2) is 17.0 Å². The molecule has 0 amide bonds. The fourth-order valence-corrected chi connectivity index (χ4v) is 2.81. The Bertz CT molecular complexity index is 863. The first-order valence-corrected chi connectivity index (χ1v) is 8.01. The van der Waals surface area contributed by atoms with Gasteiger partial charge in [0.1, 0.15) is 5.75 Å². The van der Waals surface area contributed by atoms with Crippen LogP contribution in [0.1, 0.15) is 21.7 Å². The minimum Gasteiger partial charge on any atom is -0.485 e. The highest BCUT2D eigenvalue weighted by molar-refractivity contribution is 5.98. The number of aryl methyl sites for hydroxylation is 1. The van der Waals surface area contributed by atoms with Crippen molar-refractivity contribution in [2.24, 2.45) is 7.05 Å². The summed E-state index contributed by atoms with van der Waals surface area (Å²) in [6, 6.07) is 19.8. The van der Waals surface area contributed by atoms with E-state index in [4.69, 9.17) is 4.74 Å². The third-order valence-corrected chi connectivity index (χ3v) is 4.41. The predicted molar refractivity (Wildman–Crippen MR) is 96.6 cm³/mol. The third-order valence-electron chi connectivity index (χ3n) is 4.41. The highest BCUT2D eigenvalue weighted by Crippen LogP contribution is 2.29. The van der Waals surface area contributed by atoms with Gasteiger partial charge in [-0.05, 0) is 31.5 Å². The van der Waals surface area contributed by atoms with Crippen LogP contribution in [0.3, 0.4) is 0 Å². The molecule has 0 fully saturated rings. The van der Waals surface area contributed by atoms with E-state index in [1.165, 1.54) is 0 Å². The van der Waals surface area contributed by atoms with E-state index >= 15 is 0 Å². The number of carbonyl (C=O) groups excluding carboxylic acids is 1. The molecule has 0 bridgehead atoms. The first-order valence-electron chi connectivity index (χ1n) is 8.01. The van der Waals surface area contributed by atoms with Gasteiger partial charge < -0.3 is 9.30 Å². The Morgan fingerprint density at radius 1 is 1.00 bits per heavy atom. The summed E-state index contributed by atoms with van der Waals surface area (Å²) >= 11 is 0. The van der Waals surface area contributed by atoms with Crippen LogP contribution < -0.4 is 4.74 Å². The molecule has 24 heavy (non-hydrogen) atoms. The van der Waals surface area contributed by atoms with Gasteiger partial charge in [-0.15, -0.1) is 0 Å². The Labute approximate surface area is 142 Å². The van der Waals surface area contributed by atoms with Crippen molar-refractivity contribution >= 4 is 5.78 Å². The van der Waals surface area contributed by atoms with Crippen LogP contribution in [0.4, 0.5) is 0 Å². The molecule has 0 aliphatic heterocycles. The van der Waals surface area contributed by atoms with Gasteiger partial charge in [0, 0.05) is 29.6 Å². The molecule has 0 spiro atoms. The number of hydrogen-bond acceptors (Lipinski definition) is 2. The van der Waals surface area contributed by atoms with Gasteiger partial charge in [-0.3, -0.25) is 4.79 Å². The summed E-state index contributed by atoms with van der Waals surface area (Å²) in [6.07, 6.45) is 0. The third kappa shape index (κ3) is 3.11. The maximum Gasteiger partial charge on any atom is 0.202 e. The van der Waals surface area contributed by atoms with Crippen LogP contribution >= 0.6 is 0 Å². The monoisotopic (exact) mass is 319 g/mol. The van der Waals surface area contributed by atoms with Crippen molar-refractivity contribution in [2.45, 2.75) is 13.8 Å². The van der Waals surface area contributed by atoms with E-state index in [1.54, 1.807) is 0 Å². The van der Waals surface area contributed by atoms with Crippen molar-refractivity contribution in [1.82, 2.24) is 4.57 Å². The molecule has 1 heterocycles. The number of nitrogens with zero attached hydrogens (tertiary/aromatic N) is 1. The molecule has 0 unspecified atom stereocenters. The fourth-order valence-electron chi connectivity index (χ4n) is 2.81. The molecule has 1 aromatic heterocycles. The predicted octanol–water partition coefficient (Wildman–Crippen LogP) is 4.57.